The Labute approximate surface area is 186 Å². The van der Waals surface area contributed by atoms with Crippen LogP contribution in [0.15, 0.2) is 65.1 Å². The van der Waals surface area contributed by atoms with E-state index in [1.165, 1.54) is 77.3 Å². The third-order valence-electron chi connectivity index (χ3n) is 6.75. The summed E-state index contributed by atoms with van der Waals surface area (Å²) in [6.07, 6.45) is 10.6. The molecule has 3 aromatic carbocycles. The number of nitrogens with zero attached hydrogens (tertiary/aromatic N) is 1. The van der Waals surface area contributed by atoms with Gasteiger partial charge >= 0.3 is 0 Å². The van der Waals surface area contributed by atoms with Crippen molar-refractivity contribution < 1.29 is 4.42 Å². The molecule has 0 spiro atoms. The molecule has 0 unspecified atom stereocenters. The van der Waals surface area contributed by atoms with Gasteiger partial charge in [-0.05, 0) is 49.2 Å². The van der Waals surface area contributed by atoms with Gasteiger partial charge in [0.25, 0.3) is 0 Å². The second-order valence-electron chi connectivity index (χ2n) is 8.81. The molecule has 0 atom stereocenters. The Morgan fingerprint density at radius 1 is 0.742 bits per heavy atom. The summed E-state index contributed by atoms with van der Waals surface area (Å²) in [7, 11) is 0. The third kappa shape index (κ3) is 3.43. The summed E-state index contributed by atoms with van der Waals surface area (Å²) in [6.45, 7) is 0. The van der Waals surface area contributed by atoms with Crippen LogP contribution in [-0.2, 0) is 0 Å². The lowest BCUT2D eigenvalue weighted by atomic mass is 10.0. The molecule has 1 aliphatic rings. The van der Waals surface area contributed by atoms with E-state index >= 15 is 0 Å². The topological polar surface area (TPSA) is 33.9 Å². The fraction of sp³-hybridized carbons (Fsp3) is 0.333. The highest BCUT2D eigenvalue weighted by atomic mass is 32.1. The average molecular weight is 429 g/mol. The number of benzene rings is 3. The minimum Gasteiger partial charge on any atom is -0.451 e. The molecule has 2 aromatic heterocycles. The van der Waals surface area contributed by atoms with Gasteiger partial charge in [0.05, 0.1) is 31.5 Å². The maximum atomic E-state index is 6.59. The summed E-state index contributed by atoms with van der Waals surface area (Å²) in [6, 6.07) is 22.1. The molecule has 1 fully saturated rings. The smallest absolute Gasteiger partial charge is 0.170 e. The van der Waals surface area contributed by atoms with E-state index in [9.17, 15) is 0 Å². The van der Waals surface area contributed by atoms with Crippen molar-refractivity contribution >= 4 is 54.0 Å². The lowest BCUT2D eigenvalue weighted by molar-refractivity contribution is 0.430. The number of rotatable bonds is 1. The molecule has 1 saturated carbocycles. The van der Waals surface area contributed by atoms with Crippen molar-refractivity contribution in [1.29, 1.82) is 0 Å². The Hall–Kier alpha value is -2.72. The van der Waals surface area contributed by atoms with E-state index in [1.54, 1.807) is 0 Å². The second-order valence-corrected chi connectivity index (χ2v) is 9.86. The molecular weight excluding hydrogens is 400 g/mol. The highest BCUT2D eigenvalue weighted by Crippen LogP contribution is 2.38. The van der Waals surface area contributed by atoms with E-state index in [4.69, 9.17) is 4.42 Å². The number of aromatic nitrogens is 2. The minimum atomic E-state index is 0.522. The Morgan fingerprint density at radius 3 is 2.35 bits per heavy atom. The Morgan fingerprint density at radius 2 is 1.48 bits per heavy atom. The van der Waals surface area contributed by atoms with Crippen LogP contribution < -0.4 is 0 Å². The van der Waals surface area contributed by atoms with Crippen molar-refractivity contribution in [1.82, 2.24) is 9.55 Å². The van der Waals surface area contributed by atoms with Gasteiger partial charge in [-0.3, -0.25) is 0 Å². The highest BCUT2D eigenvalue weighted by molar-refractivity contribution is 7.25. The largest absolute Gasteiger partial charge is 0.451 e. The summed E-state index contributed by atoms with van der Waals surface area (Å²) in [5.41, 5.74) is 6.72. The van der Waals surface area contributed by atoms with Crippen LogP contribution in [0.2, 0.25) is 0 Å². The summed E-state index contributed by atoms with van der Waals surface area (Å²) < 4.78 is 11.6. The van der Waals surface area contributed by atoms with E-state index < -0.39 is 0 Å². The number of hydrogen-bond donors (Lipinski definition) is 1. The molecule has 0 amide bonds. The molecule has 3 nitrogen and oxygen atoms in total. The van der Waals surface area contributed by atoms with Crippen LogP contribution in [0.25, 0.3) is 42.6 Å². The third-order valence-corrected chi connectivity index (χ3v) is 7.93. The zero-order valence-electron chi connectivity index (χ0n) is 17.8. The van der Waals surface area contributed by atoms with Gasteiger partial charge in [-0.25, -0.2) is 0 Å². The van der Waals surface area contributed by atoms with Gasteiger partial charge in [-0.15, -0.1) is 11.3 Å². The maximum absolute atomic E-state index is 6.59. The van der Waals surface area contributed by atoms with Crippen molar-refractivity contribution in [2.45, 2.75) is 57.4 Å². The molecule has 4 heteroatoms. The first-order valence-electron chi connectivity index (χ1n) is 11.7. The maximum Gasteiger partial charge on any atom is 0.170 e. The predicted octanol–water partition coefficient (Wildman–Crippen LogP) is 8.88. The van der Waals surface area contributed by atoms with Crippen molar-refractivity contribution in [2.24, 2.45) is 0 Å². The number of fused-ring (bicyclic) bond motifs is 5. The van der Waals surface area contributed by atoms with Crippen LogP contribution in [-0.4, -0.2) is 9.55 Å². The van der Waals surface area contributed by atoms with Crippen LogP contribution in [0.3, 0.4) is 0 Å². The highest BCUT2D eigenvalue weighted by Gasteiger charge is 2.19. The molecule has 0 saturated heterocycles. The van der Waals surface area contributed by atoms with Crippen molar-refractivity contribution in [3.63, 3.8) is 0 Å². The Balaban J connectivity index is 1.66. The lowest BCUT2D eigenvalue weighted by Crippen LogP contribution is -2.12. The zero-order valence-corrected chi connectivity index (χ0v) is 18.6. The number of H-pyrrole nitrogens is 1. The van der Waals surface area contributed by atoms with E-state index in [0.717, 1.165) is 16.7 Å². The van der Waals surface area contributed by atoms with Crippen LogP contribution in [0, 0.1) is 0 Å². The van der Waals surface area contributed by atoms with Crippen molar-refractivity contribution in [3.05, 3.63) is 60.7 Å². The van der Waals surface area contributed by atoms with Crippen molar-refractivity contribution in [3.8, 4) is 0 Å². The van der Waals surface area contributed by atoms with Crippen LogP contribution in [0.5, 0.6) is 0 Å². The van der Waals surface area contributed by atoms with Gasteiger partial charge in [0.1, 0.15) is 0 Å². The van der Waals surface area contributed by atoms with Crippen LogP contribution >= 0.6 is 11.3 Å². The number of hydrogen-bond acceptors (Lipinski definition) is 2. The Bertz CT molecular complexity index is 1400. The monoisotopic (exact) mass is 428 g/mol. The molecule has 0 aliphatic heterocycles. The van der Waals surface area contributed by atoms with Gasteiger partial charge in [-0.1, -0.05) is 62.8 Å². The average Bonchev–Trinajstić information content (AvgIpc) is 2.95. The van der Waals surface area contributed by atoms with Gasteiger partial charge in [0, 0.05) is 6.04 Å². The fourth-order valence-corrected chi connectivity index (χ4v) is 6.26. The molecule has 0 radical (unpaired) electrons. The first-order chi connectivity index (χ1) is 15.4. The lowest BCUT2D eigenvalue weighted by Gasteiger charge is -2.25. The first kappa shape index (κ1) is 19.0. The normalized spacial score (nSPS) is 16.5. The van der Waals surface area contributed by atoms with Gasteiger partial charge in [0.2, 0.25) is 0 Å². The molecule has 5 aromatic rings. The second kappa shape index (κ2) is 8.08. The van der Waals surface area contributed by atoms with E-state index in [1.807, 2.05) is 11.3 Å². The summed E-state index contributed by atoms with van der Waals surface area (Å²) in [4.78, 5) is 3.62. The summed E-state index contributed by atoms with van der Waals surface area (Å²) in [5.74, 6) is 0. The molecule has 31 heavy (non-hydrogen) atoms. The number of aromatic amines is 1. The first-order valence-corrected chi connectivity index (χ1v) is 12.5. The molecule has 1 N–H and O–H groups in total. The minimum absolute atomic E-state index is 0.522. The van der Waals surface area contributed by atoms with Crippen LogP contribution in [0.1, 0.15) is 57.4 Å². The molecule has 1 aliphatic carbocycles. The van der Waals surface area contributed by atoms with E-state index in [2.05, 4.69) is 70.2 Å². The fourth-order valence-electron chi connectivity index (χ4n) is 5.20. The Kier molecular flexibility index (Phi) is 4.95. The number of para-hydroxylation sites is 3. The van der Waals surface area contributed by atoms with Gasteiger partial charge < -0.3 is 14.0 Å². The molecule has 158 valence electrons. The quantitative estimate of drug-likeness (QED) is 0.210. The molecular formula is C27H28N2OS. The molecule has 2 heterocycles. The SMILES string of the molecule is c1ccc2sc3c(ccc4c3oc3ccccc3n4C3CCCCCCCC3)[nH]c2c1. The standard InChI is InChI=1S/C27H28N2OS/c1-2-4-6-12-19(11-5-3-1)29-22-14-8-9-15-24(22)30-26-23(29)18-17-21-27(26)31-25-16-10-7-13-20(25)28-21/h7-10,13-19,28H,1-6,11-12H2. The van der Waals surface area contributed by atoms with E-state index in [0.29, 0.717) is 6.04 Å². The van der Waals surface area contributed by atoms with Crippen molar-refractivity contribution in [2.75, 3.05) is 0 Å². The molecule has 6 rings (SSSR count). The zero-order chi connectivity index (χ0) is 20.6. The van der Waals surface area contributed by atoms with Gasteiger partial charge in [0.15, 0.2) is 11.2 Å². The summed E-state index contributed by atoms with van der Waals surface area (Å²) >= 11 is 1.82. The predicted molar refractivity (Wildman–Crippen MR) is 133 cm³/mol. The molecule has 0 bridgehead atoms. The van der Waals surface area contributed by atoms with E-state index in [-0.39, 0.29) is 0 Å². The number of nitrogens with one attached hydrogen (secondary N) is 1. The summed E-state index contributed by atoms with van der Waals surface area (Å²) in [5, 5.41) is 0. The van der Waals surface area contributed by atoms with Crippen LogP contribution in [0.4, 0.5) is 0 Å². The van der Waals surface area contributed by atoms with Gasteiger partial charge in [-0.2, -0.15) is 0 Å².